The van der Waals surface area contributed by atoms with E-state index in [9.17, 15) is 9.90 Å². The van der Waals surface area contributed by atoms with Crippen molar-refractivity contribution in [1.29, 1.82) is 0 Å². The smallest absolute Gasteiger partial charge is 0.224 e. The molecule has 0 aliphatic rings. The molecule has 0 aliphatic heterocycles. The summed E-state index contributed by atoms with van der Waals surface area (Å²) in [6.07, 6.45) is 20.2. The summed E-state index contributed by atoms with van der Waals surface area (Å²) >= 11 is 5.84. The maximum Gasteiger partial charge on any atom is 0.224 e. The molecule has 2 N–H and O–H groups in total. The van der Waals surface area contributed by atoms with Gasteiger partial charge in [0.25, 0.3) is 0 Å². The van der Waals surface area contributed by atoms with E-state index in [-0.39, 0.29) is 16.7 Å². The molecule has 28 heavy (non-hydrogen) atoms. The number of rotatable bonds is 17. The maximum absolute atomic E-state index is 11.9. The van der Waals surface area contributed by atoms with Crippen molar-refractivity contribution in [3.8, 4) is 5.75 Å². The number of anilines is 1. The second kappa shape index (κ2) is 16.7. The van der Waals surface area contributed by atoms with Crippen LogP contribution in [0.3, 0.4) is 0 Å². The Morgan fingerprint density at radius 1 is 0.821 bits per heavy atom. The number of hydrogen-bond donors (Lipinski definition) is 2. The van der Waals surface area contributed by atoms with E-state index in [0.717, 1.165) is 12.8 Å². The average molecular weight is 410 g/mol. The number of hydrogen-bond acceptors (Lipinski definition) is 2. The van der Waals surface area contributed by atoms with E-state index < -0.39 is 0 Å². The number of benzene rings is 1. The van der Waals surface area contributed by atoms with Gasteiger partial charge in [-0.15, -0.1) is 0 Å². The van der Waals surface area contributed by atoms with Crippen LogP contribution in [-0.4, -0.2) is 11.0 Å². The van der Waals surface area contributed by atoms with Gasteiger partial charge in [0, 0.05) is 6.42 Å². The van der Waals surface area contributed by atoms with Gasteiger partial charge in [0.2, 0.25) is 5.91 Å². The summed E-state index contributed by atoms with van der Waals surface area (Å²) in [5.74, 6) is -0.124. The van der Waals surface area contributed by atoms with Crippen LogP contribution in [0.2, 0.25) is 5.02 Å². The van der Waals surface area contributed by atoms with Crippen molar-refractivity contribution >= 4 is 23.2 Å². The second-order valence-electron chi connectivity index (χ2n) is 7.88. The number of nitrogens with one attached hydrogen (secondary N) is 1. The Bertz CT molecular complexity index is 533. The van der Waals surface area contributed by atoms with Crippen LogP contribution in [0.4, 0.5) is 5.69 Å². The Morgan fingerprint density at radius 2 is 1.29 bits per heavy atom. The molecule has 0 bridgehead atoms. The molecule has 0 aromatic heterocycles. The van der Waals surface area contributed by atoms with Crippen LogP contribution in [0.5, 0.6) is 5.75 Å². The van der Waals surface area contributed by atoms with Crippen LogP contribution >= 0.6 is 11.6 Å². The Labute approximate surface area is 177 Å². The number of phenols is 1. The average Bonchev–Trinajstić information content (AvgIpc) is 2.68. The highest BCUT2D eigenvalue weighted by atomic mass is 35.5. The first kappa shape index (κ1) is 24.8. The van der Waals surface area contributed by atoms with Gasteiger partial charge in [0.1, 0.15) is 0 Å². The SMILES string of the molecule is CCCCCCCCCCCCCCCCCC(=O)Nc1cccc(Cl)c1O. The number of amides is 1. The summed E-state index contributed by atoms with van der Waals surface area (Å²) in [4.78, 5) is 11.9. The second-order valence-corrected chi connectivity index (χ2v) is 8.29. The summed E-state index contributed by atoms with van der Waals surface area (Å²) in [6, 6.07) is 4.97. The lowest BCUT2D eigenvalue weighted by Crippen LogP contribution is -2.11. The number of carbonyl (C=O) groups is 1. The Balaban J connectivity index is 1.87. The molecular weight excluding hydrogens is 370 g/mol. The van der Waals surface area contributed by atoms with E-state index in [1.165, 1.54) is 83.5 Å². The first-order valence-corrected chi connectivity index (χ1v) is 11.8. The minimum Gasteiger partial charge on any atom is -0.504 e. The standard InChI is InChI=1S/C24H40ClNO2/c1-2-3-4-5-6-7-8-9-10-11-12-13-14-15-16-20-23(27)26-22-19-17-18-21(25)24(22)28/h17-19,28H,2-16,20H2,1H3,(H,26,27). The van der Waals surface area contributed by atoms with Gasteiger partial charge in [-0.2, -0.15) is 0 Å². The first-order valence-electron chi connectivity index (χ1n) is 11.4. The van der Waals surface area contributed by atoms with Crippen LogP contribution in [0.25, 0.3) is 0 Å². The molecule has 1 aromatic rings. The topological polar surface area (TPSA) is 49.3 Å². The van der Waals surface area contributed by atoms with Crippen LogP contribution in [0, 0.1) is 0 Å². The third-order valence-corrected chi connectivity index (χ3v) is 5.57. The summed E-state index contributed by atoms with van der Waals surface area (Å²) in [5.41, 5.74) is 0.387. The molecule has 1 aromatic carbocycles. The van der Waals surface area contributed by atoms with Crippen molar-refractivity contribution < 1.29 is 9.90 Å². The summed E-state index contributed by atoms with van der Waals surface area (Å²) in [7, 11) is 0. The molecule has 0 fully saturated rings. The monoisotopic (exact) mass is 409 g/mol. The van der Waals surface area contributed by atoms with Gasteiger partial charge in [-0.1, -0.05) is 114 Å². The van der Waals surface area contributed by atoms with Gasteiger partial charge in [-0.3, -0.25) is 4.79 Å². The van der Waals surface area contributed by atoms with E-state index in [1.54, 1.807) is 18.2 Å². The fourth-order valence-electron chi connectivity index (χ4n) is 3.49. The number of para-hydroxylation sites is 1. The number of unbranched alkanes of at least 4 members (excludes halogenated alkanes) is 14. The predicted molar refractivity (Wildman–Crippen MR) is 121 cm³/mol. The van der Waals surface area contributed by atoms with Gasteiger partial charge in [0.15, 0.2) is 5.75 Å². The van der Waals surface area contributed by atoms with Crippen LogP contribution < -0.4 is 5.32 Å². The van der Waals surface area contributed by atoms with Crippen molar-refractivity contribution in [1.82, 2.24) is 0 Å². The lowest BCUT2D eigenvalue weighted by atomic mass is 10.0. The van der Waals surface area contributed by atoms with Gasteiger partial charge < -0.3 is 10.4 Å². The summed E-state index contributed by atoms with van der Waals surface area (Å²) in [5, 5.41) is 12.8. The van der Waals surface area contributed by atoms with Crippen molar-refractivity contribution in [2.45, 2.75) is 110 Å². The normalized spacial score (nSPS) is 10.9. The minimum atomic E-state index is -0.0627. The molecular formula is C24H40ClNO2. The highest BCUT2D eigenvalue weighted by Gasteiger charge is 2.08. The lowest BCUT2D eigenvalue weighted by molar-refractivity contribution is -0.116. The first-order chi connectivity index (χ1) is 13.6. The van der Waals surface area contributed by atoms with Crippen LogP contribution in [0.1, 0.15) is 110 Å². The Morgan fingerprint density at radius 3 is 1.79 bits per heavy atom. The zero-order valence-electron chi connectivity index (χ0n) is 17.8. The van der Waals surface area contributed by atoms with Crippen molar-refractivity contribution in [3.63, 3.8) is 0 Å². The van der Waals surface area contributed by atoms with E-state index >= 15 is 0 Å². The van der Waals surface area contributed by atoms with Crippen molar-refractivity contribution in [2.24, 2.45) is 0 Å². The maximum atomic E-state index is 11.9. The number of halogens is 1. The molecule has 1 rings (SSSR count). The van der Waals surface area contributed by atoms with Gasteiger partial charge >= 0.3 is 0 Å². The Kier molecular flexibility index (Phi) is 14.8. The largest absolute Gasteiger partial charge is 0.504 e. The van der Waals surface area contributed by atoms with E-state index in [1.807, 2.05) is 0 Å². The van der Waals surface area contributed by atoms with E-state index in [0.29, 0.717) is 12.1 Å². The zero-order chi connectivity index (χ0) is 20.5. The molecule has 0 radical (unpaired) electrons. The molecule has 0 heterocycles. The zero-order valence-corrected chi connectivity index (χ0v) is 18.5. The molecule has 1 amide bonds. The summed E-state index contributed by atoms with van der Waals surface area (Å²) in [6.45, 7) is 2.27. The number of phenolic OH excluding ortho intramolecular Hbond substituents is 1. The Hall–Kier alpha value is -1.22. The van der Waals surface area contributed by atoms with E-state index in [2.05, 4.69) is 12.2 Å². The summed E-state index contributed by atoms with van der Waals surface area (Å²) < 4.78 is 0. The molecule has 0 spiro atoms. The van der Waals surface area contributed by atoms with Gasteiger partial charge in [-0.25, -0.2) is 0 Å². The molecule has 0 saturated carbocycles. The third-order valence-electron chi connectivity index (χ3n) is 5.27. The highest BCUT2D eigenvalue weighted by Crippen LogP contribution is 2.31. The van der Waals surface area contributed by atoms with Crippen molar-refractivity contribution in [2.75, 3.05) is 5.32 Å². The molecule has 0 atom stereocenters. The molecule has 0 unspecified atom stereocenters. The molecule has 4 heteroatoms. The van der Waals surface area contributed by atoms with Gasteiger partial charge in [-0.05, 0) is 18.6 Å². The number of carbonyl (C=O) groups excluding carboxylic acids is 1. The predicted octanol–water partition coefficient (Wildman–Crippen LogP) is 8.25. The molecule has 3 nitrogen and oxygen atoms in total. The molecule has 160 valence electrons. The van der Waals surface area contributed by atoms with Crippen molar-refractivity contribution in [3.05, 3.63) is 23.2 Å². The highest BCUT2D eigenvalue weighted by molar-refractivity contribution is 6.32. The fraction of sp³-hybridized carbons (Fsp3) is 0.708. The minimum absolute atomic E-state index is 0.0611. The van der Waals surface area contributed by atoms with Crippen LogP contribution in [0.15, 0.2) is 18.2 Å². The fourth-order valence-corrected chi connectivity index (χ4v) is 3.66. The van der Waals surface area contributed by atoms with Crippen LogP contribution in [-0.2, 0) is 4.79 Å². The number of aromatic hydroxyl groups is 1. The van der Waals surface area contributed by atoms with Gasteiger partial charge in [0.05, 0.1) is 10.7 Å². The quantitative estimate of drug-likeness (QED) is 0.201. The third kappa shape index (κ3) is 12.3. The molecule has 0 saturated heterocycles. The molecule has 0 aliphatic carbocycles. The van der Waals surface area contributed by atoms with E-state index in [4.69, 9.17) is 11.6 Å². The lowest BCUT2D eigenvalue weighted by Gasteiger charge is -2.08.